The molecule has 1 unspecified atom stereocenters. The number of nitrogens with one attached hydrogen (secondary N) is 2. The predicted molar refractivity (Wildman–Crippen MR) is 71.4 cm³/mol. The van der Waals surface area contributed by atoms with Crippen molar-refractivity contribution in [2.75, 3.05) is 13.1 Å². The minimum atomic E-state index is -0.424. The Bertz CT molecular complexity index is 590. The first-order chi connectivity index (χ1) is 9.24. The molecule has 19 heavy (non-hydrogen) atoms. The molecule has 3 rings (SSSR count). The summed E-state index contributed by atoms with van der Waals surface area (Å²) in [7, 11) is 0. The van der Waals surface area contributed by atoms with Crippen LogP contribution in [0.5, 0.6) is 0 Å². The van der Waals surface area contributed by atoms with Crippen molar-refractivity contribution in [1.29, 1.82) is 0 Å². The van der Waals surface area contributed by atoms with Crippen LogP contribution >= 0.6 is 0 Å². The van der Waals surface area contributed by atoms with E-state index in [0.717, 1.165) is 5.57 Å². The number of hydrogen-bond donors (Lipinski definition) is 2. The molecule has 0 aromatic carbocycles. The molecule has 6 heteroatoms. The summed E-state index contributed by atoms with van der Waals surface area (Å²) in [6.07, 6.45) is 5.26. The molecule has 0 radical (unpaired) electrons. The van der Waals surface area contributed by atoms with Gasteiger partial charge in [0.25, 0.3) is 0 Å². The van der Waals surface area contributed by atoms with Crippen LogP contribution in [0.2, 0.25) is 0 Å². The molecule has 0 saturated carbocycles. The van der Waals surface area contributed by atoms with Crippen LogP contribution in [0.1, 0.15) is 5.82 Å². The van der Waals surface area contributed by atoms with E-state index in [-0.39, 0.29) is 5.91 Å². The lowest BCUT2D eigenvalue weighted by molar-refractivity contribution is -0.121. The van der Waals surface area contributed by atoms with E-state index >= 15 is 0 Å². The summed E-state index contributed by atoms with van der Waals surface area (Å²) in [5, 5.41) is 5.83. The van der Waals surface area contributed by atoms with Crippen LogP contribution in [-0.2, 0) is 4.79 Å². The molecule has 6 nitrogen and oxygen atoms in total. The Morgan fingerprint density at radius 3 is 2.84 bits per heavy atom. The summed E-state index contributed by atoms with van der Waals surface area (Å²) in [6, 6.07) is 1.34. The number of carbonyl (C=O) groups excluding carboxylic acids is 1. The molecule has 2 aliphatic heterocycles. The molecule has 1 aromatic heterocycles. The number of carbonyl (C=O) groups is 1. The first kappa shape index (κ1) is 11.7. The number of rotatable bonds is 2. The summed E-state index contributed by atoms with van der Waals surface area (Å²) in [6.45, 7) is 4.78. The Morgan fingerprint density at radius 1 is 1.32 bits per heavy atom. The van der Waals surface area contributed by atoms with Gasteiger partial charge in [0.2, 0.25) is 5.91 Å². The van der Waals surface area contributed by atoms with Crippen molar-refractivity contribution in [3.8, 4) is 0 Å². The van der Waals surface area contributed by atoms with Crippen LogP contribution in [0.3, 0.4) is 0 Å². The Kier molecular flexibility index (Phi) is 2.92. The fourth-order valence-electron chi connectivity index (χ4n) is 2.07. The summed E-state index contributed by atoms with van der Waals surface area (Å²) in [5.41, 5.74) is 2.32. The molecule has 1 fully saturated rings. The van der Waals surface area contributed by atoms with Crippen molar-refractivity contribution in [1.82, 2.24) is 20.6 Å². The van der Waals surface area contributed by atoms with E-state index in [2.05, 4.69) is 32.2 Å². The number of amides is 1. The van der Waals surface area contributed by atoms with Gasteiger partial charge in [-0.15, -0.1) is 0 Å². The van der Waals surface area contributed by atoms with Crippen LogP contribution < -0.4 is 10.6 Å². The lowest BCUT2D eigenvalue weighted by atomic mass is 10.1. The Morgan fingerprint density at radius 2 is 2.11 bits per heavy atom. The van der Waals surface area contributed by atoms with Gasteiger partial charge in [0, 0.05) is 30.2 Å². The zero-order valence-corrected chi connectivity index (χ0v) is 10.3. The Balaban J connectivity index is 1.79. The molecule has 2 aliphatic rings. The van der Waals surface area contributed by atoms with Crippen molar-refractivity contribution >= 4 is 17.2 Å². The fraction of sp³-hybridized carbons (Fsp3) is 0.231. The highest BCUT2D eigenvalue weighted by Crippen LogP contribution is 2.17. The highest BCUT2D eigenvalue weighted by molar-refractivity contribution is 6.18. The predicted octanol–water partition coefficient (Wildman–Crippen LogP) is -0.0837. The molecule has 3 heterocycles. The number of aromatic nitrogens is 2. The van der Waals surface area contributed by atoms with Crippen molar-refractivity contribution in [2.24, 2.45) is 4.99 Å². The van der Waals surface area contributed by atoms with E-state index in [4.69, 9.17) is 0 Å². The van der Waals surface area contributed by atoms with Crippen LogP contribution in [-0.4, -0.2) is 40.7 Å². The van der Waals surface area contributed by atoms with Gasteiger partial charge in [-0.05, 0) is 12.1 Å². The molecule has 96 valence electrons. The summed E-state index contributed by atoms with van der Waals surface area (Å²) in [4.78, 5) is 24.6. The second-order valence-corrected chi connectivity index (χ2v) is 4.39. The topological polar surface area (TPSA) is 79.3 Å². The van der Waals surface area contributed by atoms with Gasteiger partial charge in [-0.1, -0.05) is 6.58 Å². The summed E-state index contributed by atoms with van der Waals surface area (Å²) in [5.74, 6) is 0.531. The lowest BCUT2D eigenvalue weighted by Crippen LogP contribution is -2.54. The maximum absolute atomic E-state index is 11.9. The van der Waals surface area contributed by atoms with E-state index in [1.165, 1.54) is 0 Å². The van der Waals surface area contributed by atoms with Gasteiger partial charge in [-0.25, -0.2) is 9.97 Å². The zero-order chi connectivity index (χ0) is 13.2. The average Bonchev–Trinajstić information content (AvgIpc) is 2.89. The summed E-state index contributed by atoms with van der Waals surface area (Å²) >= 11 is 0. The summed E-state index contributed by atoms with van der Waals surface area (Å²) < 4.78 is 0. The van der Waals surface area contributed by atoms with E-state index in [0.29, 0.717) is 30.3 Å². The van der Waals surface area contributed by atoms with E-state index in [1.807, 2.05) is 6.08 Å². The van der Waals surface area contributed by atoms with Crippen molar-refractivity contribution in [3.05, 3.63) is 42.6 Å². The molecule has 0 bridgehead atoms. The second kappa shape index (κ2) is 4.74. The number of aliphatic imine (C=N–C) groups is 1. The van der Waals surface area contributed by atoms with Gasteiger partial charge in [0.1, 0.15) is 6.04 Å². The third-order valence-corrected chi connectivity index (χ3v) is 2.98. The van der Waals surface area contributed by atoms with E-state index in [9.17, 15) is 4.79 Å². The third kappa shape index (κ3) is 2.30. The fourth-order valence-corrected chi connectivity index (χ4v) is 2.07. The van der Waals surface area contributed by atoms with Crippen LogP contribution in [0.4, 0.5) is 0 Å². The van der Waals surface area contributed by atoms with E-state index in [1.54, 1.807) is 18.5 Å². The smallest absolute Gasteiger partial charge is 0.247 e. The molecule has 2 N–H and O–H groups in total. The van der Waals surface area contributed by atoms with Gasteiger partial charge in [-0.2, -0.15) is 0 Å². The lowest BCUT2D eigenvalue weighted by Gasteiger charge is -2.24. The number of hydrogen-bond acceptors (Lipinski definition) is 5. The average molecular weight is 255 g/mol. The first-order valence-electron chi connectivity index (χ1n) is 5.98. The molecule has 1 aromatic rings. The van der Waals surface area contributed by atoms with Crippen molar-refractivity contribution in [3.63, 3.8) is 0 Å². The molecule has 0 spiro atoms. The largest absolute Gasteiger partial charge is 0.327 e. The molecular formula is C13H13N5O. The van der Waals surface area contributed by atoms with Gasteiger partial charge in [0.15, 0.2) is 5.82 Å². The van der Waals surface area contributed by atoms with Crippen LogP contribution in [0.15, 0.2) is 41.8 Å². The third-order valence-electron chi connectivity index (χ3n) is 2.98. The second-order valence-electron chi connectivity index (χ2n) is 4.39. The first-order valence-corrected chi connectivity index (χ1v) is 5.98. The van der Waals surface area contributed by atoms with Crippen LogP contribution in [0, 0.1) is 0 Å². The molecular weight excluding hydrogens is 242 g/mol. The zero-order valence-electron chi connectivity index (χ0n) is 10.3. The molecule has 1 saturated heterocycles. The molecule has 1 amide bonds. The van der Waals surface area contributed by atoms with Gasteiger partial charge >= 0.3 is 0 Å². The van der Waals surface area contributed by atoms with Gasteiger partial charge < -0.3 is 5.32 Å². The van der Waals surface area contributed by atoms with E-state index < -0.39 is 6.04 Å². The Labute approximate surface area is 110 Å². The molecule has 0 aliphatic carbocycles. The van der Waals surface area contributed by atoms with Crippen molar-refractivity contribution in [2.45, 2.75) is 6.04 Å². The standard InChI is InChI=1S/C13H13N5O/c1-8-6-17-11(13(19)18-8)10-5-9(7-16-10)12-14-3-2-4-15-12/h2-5,11,17H,1,6-7H2,(H,18,19). The highest BCUT2D eigenvalue weighted by Gasteiger charge is 2.29. The SMILES string of the molecule is C=C1CNC(C2=NCC(c3ncccn3)=C2)C(=O)N1. The Hall–Kier alpha value is -2.34. The number of piperazine rings is 1. The quantitative estimate of drug-likeness (QED) is 0.774. The minimum Gasteiger partial charge on any atom is -0.327 e. The highest BCUT2D eigenvalue weighted by atomic mass is 16.2. The van der Waals surface area contributed by atoms with Crippen molar-refractivity contribution < 1.29 is 4.79 Å². The monoisotopic (exact) mass is 255 g/mol. The normalized spacial score (nSPS) is 22.8. The van der Waals surface area contributed by atoms with Gasteiger partial charge in [0.05, 0.1) is 12.3 Å². The molecule has 1 atom stereocenters. The van der Waals surface area contributed by atoms with Gasteiger partial charge in [-0.3, -0.25) is 15.1 Å². The number of nitrogens with zero attached hydrogens (tertiary/aromatic N) is 3. The van der Waals surface area contributed by atoms with Crippen LogP contribution in [0.25, 0.3) is 5.57 Å². The maximum Gasteiger partial charge on any atom is 0.247 e. The maximum atomic E-state index is 11.9. The minimum absolute atomic E-state index is 0.124.